The van der Waals surface area contributed by atoms with Crippen molar-refractivity contribution in [1.82, 2.24) is 4.98 Å². The van der Waals surface area contributed by atoms with E-state index < -0.39 is 4.92 Å². The summed E-state index contributed by atoms with van der Waals surface area (Å²) in [6.45, 7) is 3.30. The number of nitrogen functional groups attached to an aromatic ring is 1. The van der Waals surface area contributed by atoms with Crippen molar-refractivity contribution in [2.45, 2.75) is 25.4 Å². The fourth-order valence-electron chi connectivity index (χ4n) is 2.04. The molecule has 1 aliphatic heterocycles. The number of pyridine rings is 1. The third-order valence-corrected chi connectivity index (χ3v) is 3.11. The average Bonchev–Trinajstić information content (AvgIpc) is 2.83. The van der Waals surface area contributed by atoms with E-state index in [0.29, 0.717) is 12.4 Å². The van der Waals surface area contributed by atoms with Gasteiger partial charge in [-0.05, 0) is 19.8 Å². The third kappa shape index (κ3) is 3.30. The fourth-order valence-corrected chi connectivity index (χ4v) is 2.04. The molecule has 104 valence electrons. The zero-order valence-corrected chi connectivity index (χ0v) is 10.7. The topological polar surface area (TPSA) is 115 Å². The lowest BCUT2D eigenvalue weighted by atomic mass is 10.0. The zero-order chi connectivity index (χ0) is 13.9. The molecule has 8 nitrogen and oxygen atoms in total. The molecule has 0 radical (unpaired) electrons. The molecule has 0 saturated carbocycles. The van der Waals surface area contributed by atoms with E-state index >= 15 is 0 Å². The summed E-state index contributed by atoms with van der Waals surface area (Å²) in [4.78, 5) is 14.4. The number of hydrazine groups is 1. The minimum Gasteiger partial charge on any atom is -0.373 e. The van der Waals surface area contributed by atoms with Gasteiger partial charge in [-0.1, -0.05) is 0 Å². The van der Waals surface area contributed by atoms with Gasteiger partial charge in [0, 0.05) is 13.2 Å². The number of anilines is 2. The van der Waals surface area contributed by atoms with Crippen molar-refractivity contribution in [1.29, 1.82) is 0 Å². The summed E-state index contributed by atoms with van der Waals surface area (Å²) >= 11 is 0. The minimum absolute atomic E-state index is 0.0667. The van der Waals surface area contributed by atoms with Gasteiger partial charge < -0.3 is 15.5 Å². The Balaban J connectivity index is 2.10. The number of hydrogen-bond acceptors (Lipinski definition) is 7. The van der Waals surface area contributed by atoms with Gasteiger partial charge in [-0.25, -0.2) is 10.8 Å². The van der Waals surface area contributed by atoms with E-state index in [9.17, 15) is 10.1 Å². The maximum atomic E-state index is 10.8. The first-order chi connectivity index (χ1) is 9.02. The molecule has 0 spiro atoms. The standard InChI is InChI=1S/C11H17N5O3/c1-11(3-2-4-19-11)7-13-9-5-8(16(17)18)6-10(14-9)15-12/h5-6H,2-4,7,12H2,1H3,(H2,13,14,15). The maximum absolute atomic E-state index is 10.8. The first kappa shape index (κ1) is 13.5. The molecule has 0 amide bonds. The van der Waals surface area contributed by atoms with Crippen LogP contribution in [0.3, 0.4) is 0 Å². The minimum atomic E-state index is -0.485. The third-order valence-electron chi connectivity index (χ3n) is 3.11. The number of nitrogens with zero attached hydrogens (tertiary/aromatic N) is 2. The molecule has 1 atom stereocenters. The van der Waals surface area contributed by atoms with Crippen molar-refractivity contribution in [3.8, 4) is 0 Å². The van der Waals surface area contributed by atoms with Crippen LogP contribution in [0.25, 0.3) is 0 Å². The van der Waals surface area contributed by atoms with Crippen LogP contribution in [0.1, 0.15) is 19.8 Å². The van der Waals surface area contributed by atoms with E-state index in [0.717, 1.165) is 19.4 Å². The second kappa shape index (κ2) is 5.37. The van der Waals surface area contributed by atoms with E-state index in [4.69, 9.17) is 10.6 Å². The largest absolute Gasteiger partial charge is 0.373 e. The van der Waals surface area contributed by atoms with Gasteiger partial charge in [0.25, 0.3) is 5.69 Å². The van der Waals surface area contributed by atoms with Crippen LogP contribution >= 0.6 is 0 Å². The fraction of sp³-hybridized carbons (Fsp3) is 0.545. The summed E-state index contributed by atoms with van der Waals surface area (Å²) in [5, 5.41) is 13.9. The normalized spacial score (nSPS) is 22.2. The number of aromatic nitrogens is 1. The van der Waals surface area contributed by atoms with E-state index in [1.165, 1.54) is 12.1 Å². The average molecular weight is 267 g/mol. The lowest BCUT2D eigenvalue weighted by Crippen LogP contribution is -2.32. The van der Waals surface area contributed by atoms with Crippen molar-refractivity contribution in [3.05, 3.63) is 22.2 Å². The van der Waals surface area contributed by atoms with Gasteiger partial charge in [-0.15, -0.1) is 0 Å². The van der Waals surface area contributed by atoms with Crippen molar-refractivity contribution in [3.63, 3.8) is 0 Å². The Hall–Kier alpha value is -1.93. The van der Waals surface area contributed by atoms with Crippen LogP contribution in [0.4, 0.5) is 17.3 Å². The quantitative estimate of drug-likeness (QED) is 0.417. The van der Waals surface area contributed by atoms with Gasteiger partial charge in [0.15, 0.2) is 0 Å². The Morgan fingerprint density at radius 2 is 2.32 bits per heavy atom. The van der Waals surface area contributed by atoms with Gasteiger partial charge >= 0.3 is 0 Å². The molecule has 1 saturated heterocycles. The van der Waals surface area contributed by atoms with Crippen molar-refractivity contribution >= 4 is 17.3 Å². The molecular weight excluding hydrogens is 250 g/mol. The first-order valence-corrected chi connectivity index (χ1v) is 6.03. The van der Waals surface area contributed by atoms with Crippen LogP contribution in [0, 0.1) is 10.1 Å². The van der Waals surface area contributed by atoms with Crippen LogP contribution in [0.2, 0.25) is 0 Å². The summed E-state index contributed by atoms with van der Waals surface area (Å²) in [5.74, 6) is 5.89. The summed E-state index contributed by atoms with van der Waals surface area (Å²) < 4.78 is 5.63. The van der Waals surface area contributed by atoms with Crippen LogP contribution in [-0.2, 0) is 4.74 Å². The van der Waals surface area contributed by atoms with E-state index in [1.807, 2.05) is 6.92 Å². The molecule has 1 aromatic heterocycles. The highest BCUT2D eigenvalue weighted by molar-refractivity contribution is 5.54. The van der Waals surface area contributed by atoms with E-state index in [-0.39, 0.29) is 17.1 Å². The van der Waals surface area contributed by atoms with Crippen molar-refractivity contribution in [2.24, 2.45) is 5.84 Å². The molecule has 1 fully saturated rings. The van der Waals surface area contributed by atoms with E-state index in [1.54, 1.807) is 0 Å². The molecule has 2 rings (SSSR count). The molecule has 0 aliphatic carbocycles. The highest BCUT2D eigenvalue weighted by Gasteiger charge is 2.29. The smallest absolute Gasteiger partial charge is 0.276 e. The van der Waals surface area contributed by atoms with Crippen molar-refractivity contribution in [2.75, 3.05) is 23.9 Å². The molecule has 2 heterocycles. The first-order valence-electron chi connectivity index (χ1n) is 6.03. The van der Waals surface area contributed by atoms with E-state index in [2.05, 4.69) is 15.7 Å². The number of nitrogens with one attached hydrogen (secondary N) is 2. The predicted molar refractivity (Wildman–Crippen MR) is 70.8 cm³/mol. The van der Waals surface area contributed by atoms with Gasteiger partial charge in [0.2, 0.25) is 0 Å². The molecule has 1 unspecified atom stereocenters. The molecule has 4 N–H and O–H groups in total. The predicted octanol–water partition coefficient (Wildman–Crippen LogP) is 1.26. The molecule has 1 aromatic rings. The summed E-state index contributed by atoms with van der Waals surface area (Å²) in [7, 11) is 0. The summed E-state index contributed by atoms with van der Waals surface area (Å²) in [6.07, 6.45) is 1.98. The van der Waals surface area contributed by atoms with Gasteiger partial charge in [-0.3, -0.25) is 10.1 Å². The molecule has 0 aromatic carbocycles. The number of hydrogen-bond donors (Lipinski definition) is 3. The highest BCUT2D eigenvalue weighted by atomic mass is 16.6. The Morgan fingerprint density at radius 3 is 2.89 bits per heavy atom. The lowest BCUT2D eigenvalue weighted by Gasteiger charge is -2.23. The number of nitrogens with two attached hydrogens (primary N) is 1. The van der Waals surface area contributed by atoms with Crippen LogP contribution in [0.15, 0.2) is 12.1 Å². The lowest BCUT2D eigenvalue weighted by molar-refractivity contribution is -0.384. The van der Waals surface area contributed by atoms with Gasteiger partial charge in [0.1, 0.15) is 11.6 Å². The number of rotatable bonds is 5. The maximum Gasteiger partial charge on any atom is 0.276 e. The molecule has 8 heteroatoms. The molecular formula is C11H17N5O3. The molecule has 0 bridgehead atoms. The molecule has 19 heavy (non-hydrogen) atoms. The zero-order valence-electron chi connectivity index (χ0n) is 10.7. The summed E-state index contributed by atoms with van der Waals surface area (Å²) in [5.41, 5.74) is 2.00. The Labute approximate surface area is 110 Å². The second-order valence-corrected chi connectivity index (χ2v) is 4.75. The Morgan fingerprint density at radius 1 is 1.58 bits per heavy atom. The highest BCUT2D eigenvalue weighted by Crippen LogP contribution is 2.26. The summed E-state index contributed by atoms with van der Waals surface area (Å²) in [6, 6.07) is 2.65. The second-order valence-electron chi connectivity index (χ2n) is 4.75. The number of ether oxygens (including phenoxy) is 1. The Bertz CT molecular complexity index is 473. The van der Waals surface area contributed by atoms with Crippen LogP contribution in [0.5, 0.6) is 0 Å². The van der Waals surface area contributed by atoms with Crippen LogP contribution < -0.4 is 16.6 Å². The van der Waals surface area contributed by atoms with Gasteiger partial charge in [0.05, 0.1) is 22.7 Å². The molecule has 1 aliphatic rings. The van der Waals surface area contributed by atoms with Crippen molar-refractivity contribution < 1.29 is 9.66 Å². The Kier molecular flexibility index (Phi) is 3.82. The SMILES string of the molecule is CC1(CNc2cc([N+](=O)[O-])cc(NN)n2)CCCO1. The monoisotopic (exact) mass is 267 g/mol. The van der Waals surface area contributed by atoms with Gasteiger partial charge in [-0.2, -0.15) is 0 Å². The van der Waals surface area contributed by atoms with Crippen LogP contribution in [-0.4, -0.2) is 28.7 Å². The number of nitro groups is 1.